The third kappa shape index (κ3) is 3.74. The first-order valence-corrected chi connectivity index (χ1v) is 8.40. The molecule has 120 valence electrons. The van der Waals surface area contributed by atoms with Crippen LogP contribution in [0.25, 0.3) is 17.0 Å². The molecule has 1 aliphatic rings. The van der Waals surface area contributed by atoms with Crippen LogP contribution in [0.1, 0.15) is 12.0 Å². The van der Waals surface area contributed by atoms with Crippen molar-refractivity contribution in [1.82, 2.24) is 4.98 Å². The van der Waals surface area contributed by atoms with Crippen molar-refractivity contribution in [3.63, 3.8) is 0 Å². The van der Waals surface area contributed by atoms with Crippen LogP contribution < -0.4 is 4.90 Å². The van der Waals surface area contributed by atoms with Gasteiger partial charge < -0.3 is 4.90 Å². The molecule has 1 aliphatic heterocycles. The molecule has 0 aliphatic carbocycles. The summed E-state index contributed by atoms with van der Waals surface area (Å²) in [7, 11) is -3.90. The van der Waals surface area contributed by atoms with E-state index in [0.717, 1.165) is 28.7 Å². The first-order valence-electron chi connectivity index (χ1n) is 6.79. The number of anilines is 1. The molecule has 2 heterocycles. The number of aromatic nitrogens is 1. The Bertz CT molecular complexity index is 806. The third-order valence-corrected chi connectivity index (χ3v) is 4.36. The van der Waals surface area contributed by atoms with Crippen LogP contribution in [0, 0.1) is 0 Å². The minimum Gasteiger partial charge on any atom is -0.367 e. The summed E-state index contributed by atoms with van der Waals surface area (Å²) in [6.07, 6.45) is 6.28. The first kappa shape index (κ1) is 17.1. The van der Waals surface area contributed by atoms with Crippen LogP contribution in [0.15, 0.2) is 36.5 Å². The van der Waals surface area contributed by atoms with Crippen molar-refractivity contribution in [2.24, 2.45) is 0 Å². The maximum Gasteiger partial charge on any atom is 0.264 e. The average Bonchev–Trinajstić information content (AvgIpc) is 2.46. The molecule has 0 spiro atoms. The fourth-order valence-electron chi connectivity index (χ4n) is 2.68. The Morgan fingerprint density at radius 1 is 1.27 bits per heavy atom. The number of benzene rings is 1. The average molecular weight is 411 g/mol. The fourth-order valence-corrected chi connectivity index (χ4v) is 3.17. The molecule has 0 unspecified atom stereocenters. The second-order valence-electron chi connectivity index (χ2n) is 5.06. The van der Waals surface area contributed by atoms with Crippen molar-refractivity contribution in [2.45, 2.75) is 6.42 Å². The van der Waals surface area contributed by atoms with Crippen LogP contribution in [0.4, 0.5) is 5.69 Å². The van der Waals surface area contributed by atoms with Gasteiger partial charge in [0.25, 0.3) is 10.1 Å². The molecule has 0 saturated heterocycles. The normalized spacial score (nSPS) is 13.8. The summed E-state index contributed by atoms with van der Waals surface area (Å²) < 4.78 is 30.5. The summed E-state index contributed by atoms with van der Waals surface area (Å²) in [6, 6.07) is 7.93. The summed E-state index contributed by atoms with van der Waals surface area (Å²) in [5.41, 5.74) is 3.11. The van der Waals surface area contributed by atoms with Crippen LogP contribution >= 0.6 is 0 Å². The molecule has 5 nitrogen and oxygen atoms in total. The maximum absolute atomic E-state index is 10.8. The van der Waals surface area contributed by atoms with Gasteiger partial charge in [0, 0.05) is 45.1 Å². The van der Waals surface area contributed by atoms with E-state index in [1.165, 1.54) is 0 Å². The molecule has 3 rings (SSSR count). The number of rotatable bonds is 4. The summed E-state index contributed by atoms with van der Waals surface area (Å²) in [4.78, 5) is 6.49. The van der Waals surface area contributed by atoms with E-state index in [4.69, 9.17) is 4.55 Å². The van der Waals surface area contributed by atoms with Crippen molar-refractivity contribution >= 4 is 32.8 Å². The van der Waals surface area contributed by atoms with E-state index in [9.17, 15) is 8.42 Å². The Labute approximate surface area is 143 Å². The largest absolute Gasteiger partial charge is 0.367 e. The molecule has 0 bridgehead atoms. The zero-order valence-corrected chi connectivity index (χ0v) is 14.1. The van der Waals surface area contributed by atoms with Gasteiger partial charge in [0.15, 0.2) is 0 Å². The third-order valence-electron chi connectivity index (χ3n) is 3.56. The van der Waals surface area contributed by atoms with Gasteiger partial charge in [-0.3, -0.25) is 9.54 Å². The summed E-state index contributed by atoms with van der Waals surface area (Å²) >= 11 is 0. The quantitative estimate of drug-likeness (QED) is 0.619. The molecule has 0 saturated carbocycles. The van der Waals surface area contributed by atoms with Gasteiger partial charge in [0.1, 0.15) is 0 Å². The monoisotopic (exact) mass is 410 g/mol. The molecular weight excluding hydrogens is 395 g/mol. The van der Waals surface area contributed by atoms with Crippen molar-refractivity contribution in [1.29, 1.82) is 0 Å². The second-order valence-corrected chi connectivity index (χ2v) is 6.63. The van der Waals surface area contributed by atoms with E-state index in [-0.39, 0.29) is 26.2 Å². The molecule has 1 aromatic heterocycles. The molecule has 2 aromatic rings. The van der Waals surface area contributed by atoms with Gasteiger partial charge in [0.05, 0.1) is 17.0 Å². The minimum absolute atomic E-state index is 0. The van der Waals surface area contributed by atoms with Crippen molar-refractivity contribution < 1.29 is 33.4 Å². The summed E-state index contributed by atoms with van der Waals surface area (Å²) in [6.45, 7) is 1.30. The number of pyridine rings is 1. The standard InChI is InChI=1S/C15H16N2O3S.Pd/c18-21(19,20)11-3-10-17-9-2-4-12-6-7-14-13(15(12)17)5-1-8-16-14;/h1-2,4-8H,3,9-11H2,(H,18,19,20);. The molecule has 0 atom stereocenters. The van der Waals surface area contributed by atoms with Crippen molar-refractivity contribution in [3.05, 3.63) is 42.1 Å². The Kier molecular flexibility index (Phi) is 5.35. The smallest absolute Gasteiger partial charge is 0.264 e. The van der Waals surface area contributed by atoms with Gasteiger partial charge in [-0.1, -0.05) is 18.2 Å². The minimum atomic E-state index is -3.90. The van der Waals surface area contributed by atoms with Crippen LogP contribution in [-0.2, 0) is 30.5 Å². The second kappa shape index (κ2) is 6.88. The first-order chi connectivity index (χ1) is 10.0. The van der Waals surface area contributed by atoms with Crippen LogP contribution in [0.5, 0.6) is 0 Å². The Morgan fingerprint density at radius 3 is 2.86 bits per heavy atom. The Balaban J connectivity index is 0.00000176. The molecule has 1 aromatic carbocycles. The van der Waals surface area contributed by atoms with Crippen LogP contribution in [-0.4, -0.2) is 36.8 Å². The van der Waals surface area contributed by atoms with Gasteiger partial charge in [0.2, 0.25) is 0 Å². The van der Waals surface area contributed by atoms with Crippen LogP contribution in [0.3, 0.4) is 0 Å². The molecule has 0 fully saturated rings. The molecular formula is C15H16N2O3PdS. The predicted molar refractivity (Wildman–Crippen MR) is 84.0 cm³/mol. The fraction of sp³-hybridized carbons (Fsp3) is 0.267. The number of hydrogen-bond acceptors (Lipinski definition) is 4. The molecule has 0 radical (unpaired) electrons. The van der Waals surface area contributed by atoms with Crippen molar-refractivity contribution in [3.8, 4) is 0 Å². The van der Waals surface area contributed by atoms with Gasteiger partial charge >= 0.3 is 0 Å². The zero-order valence-electron chi connectivity index (χ0n) is 11.8. The molecule has 22 heavy (non-hydrogen) atoms. The van der Waals surface area contributed by atoms with E-state index in [1.54, 1.807) is 6.20 Å². The van der Waals surface area contributed by atoms with E-state index in [2.05, 4.69) is 22.0 Å². The Hall–Kier alpha value is -1.26. The van der Waals surface area contributed by atoms with Gasteiger partial charge in [-0.25, -0.2) is 0 Å². The zero-order chi connectivity index (χ0) is 14.9. The van der Waals surface area contributed by atoms with Crippen LogP contribution in [0.2, 0.25) is 0 Å². The van der Waals surface area contributed by atoms with Gasteiger partial charge in [-0.15, -0.1) is 0 Å². The molecule has 0 amide bonds. The summed E-state index contributed by atoms with van der Waals surface area (Å²) in [5, 5.41) is 1.06. The SMILES string of the molecule is O=S(=O)(O)CCCN1CC=Cc2ccc3ncccc3c21.[Pd]. The van der Waals surface area contributed by atoms with E-state index in [0.29, 0.717) is 13.0 Å². The van der Waals surface area contributed by atoms with Crippen molar-refractivity contribution in [2.75, 3.05) is 23.7 Å². The van der Waals surface area contributed by atoms with E-state index < -0.39 is 10.1 Å². The number of nitrogens with zero attached hydrogens (tertiary/aromatic N) is 2. The van der Waals surface area contributed by atoms with Gasteiger partial charge in [-0.2, -0.15) is 8.42 Å². The number of hydrogen-bond donors (Lipinski definition) is 1. The topological polar surface area (TPSA) is 70.5 Å². The summed E-state index contributed by atoms with van der Waals surface area (Å²) in [5.74, 6) is -0.217. The maximum atomic E-state index is 10.8. The molecule has 7 heteroatoms. The van der Waals surface area contributed by atoms with Gasteiger partial charge in [-0.05, 0) is 30.2 Å². The molecule has 1 N–H and O–H groups in total. The predicted octanol–water partition coefficient (Wildman–Crippen LogP) is 2.34. The number of fused-ring (bicyclic) bond motifs is 3. The van der Waals surface area contributed by atoms with E-state index >= 15 is 0 Å². The van der Waals surface area contributed by atoms with E-state index in [1.807, 2.05) is 24.3 Å². The Morgan fingerprint density at radius 2 is 2.09 bits per heavy atom.